The minimum Gasteiger partial charge on any atom is -0.0657 e. The summed E-state index contributed by atoms with van der Waals surface area (Å²) in [6.07, 6.45) is 5.72. The van der Waals surface area contributed by atoms with Gasteiger partial charge in [0, 0.05) is 4.11 Å². The third-order valence-electron chi connectivity index (χ3n) is 3.18. The van der Waals surface area contributed by atoms with Gasteiger partial charge in [-0.05, 0) is 0 Å². The van der Waals surface area contributed by atoms with Gasteiger partial charge in [-0.15, -0.1) is 0 Å². The lowest BCUT2D eigenvalue weighted by Gasteiger charge is -2.31. The lowest BCUT2D eigenvalue weighted by molar-refractivity contribution is 0.822. The standard InChI is InChI=1S/C13H30Si/c1-5-9-13-14(10-6-2,11-7-3)12-8-4/h5-13H2,1-4H3/i2T,3T,4T. The molecule has 1 heteroatoms. The second-order valence-electron chi connectivity index (χ2n) is 4.41. The van der Waals surface area contributed by atoms with E-state index < -0.39 is 8.07 Å². The Morgan fingerprint density at radius 2 is 1.29 bits per heavy atom. The predicted molar refractivity (Wildman–Crippen MR) is 70.8 cm³/mol. The molecule has 0 amide bonds. The Labute approximate surface area is 96.7 Å². The zero-order valence-electron chi connectivity index (χ0n) is 13.0. The van der Waals surface area contributed by atoms with Gasteiger partial charge in [0.05, 0.1) is 8.07 Å². The fourth-order valence-corrected chi connectivity index (χ4v) is 7.28. The lowest BCUT2D eigenvalue weighted by atomic mass is 10.4. The smallest absolute Gasteiger partial charge is 0.0535 e. The van der Waals surface area contributed by atoms with E-state index in [-0.39, 0.29) is 0 Å². The van der Waals surface area contributed by atoms with Crippen LogP contribution in [0.1, 0.15) is 63.8 Å². The predicted octanol–water partition coefficient (Wildman–Crippen LogP) is 5.47. The Hall–Kier alpha value is 0.217. The van der Waals surface area contributed by atoms with Crippen LogP contribution in [0.3, 0.4) is 0 Å². The highest BCUT2D eigenvalue weighted by Gasteiger charge is 2.28. The van der Waals surface area contributed by atoms with Crippen molar-refractivity contribution >= 4 is 8.07 Å². The maximum atomic E-state index is 7.36. The van der Waals surface area contributed by atoms with Crippen molar-refractivity contribution in [2.24, 2.45) is 0 Å². The van der Waals surface area contributed by atoms with E-state index in [0.29, 0.717) is 20.7 Å². The summed E-state index contributed by atoms with van der Waals surface area (Å²) in [6.45, 7) is 3.92. The van der Waals surface area contributed by atoms with Crippen molar-refractivity contribution < 1.29 is 4.11 Å². The highest BCUT2D eigenvalue weighted by molar-refractivity contribution is 6.79. The summed E-state index contributed by atoms with van der Waals surface area (Å²) < 4.78 is 22.1. The van der Waals surface area contributed by atoms with Crippen molar-refractivity contribution in [2.75, 3.05) is 0 Å². The van der Waals surface area contributed by atoms with E-state index in [0.717, 1.165) is 19.3 Å². The molecular weight excluding hydrogens is 184 g/mol. The first-order chi connectivity index (χ1) is 8.24. The van der Waals surface area contributed by atoms with Crippen LogP contribution in [0.25, 0.3) is 0 Å². The van der Waals surface area contributed by atoms with Crippen LogP contribution in [0.15, 0.2) is 0 Å². The molecular formula is C13H30Si. The quantitative estimate of drug-likeness (QED) is 0.452. The molecule has 0 aliphatic rings. The number of hydrogen-bond donors (Lipinski definition) is 0. The van der Waals surface area contributed by atoms with Crippen LogP contribution >= 0.6 is 0 Å². The van der Waals surface area contributed by atoms with Gasteiger partial charge in [0.1, 0.15) is 0 Å². The molecule has 0 nitrogen and oxygen atoms in total. The van der Waals surface area contributed by atoms with E-state index in [9.17, 15) is 0 Å². The van der Waals surface area contributed by atoms with Crippen molar-refractivity contribution in [3.05, 3.63) is 0 Å². The number of hydrogen-bond acceptors (Lipinski definition) is 0. The molecule has 0 heterocycles. The molecule has 0 saturated heterocycles. The average molecular weight is 220 g/mol. The molecule has 0 N–H and O–H groups in total. The van der Waals surface area contributed by atoms with Crippen molar-refractivity contribution in [1.82, 2.24) is 0 Å². The Morgan fingerprint density at radius 1 is 0.786 bits per heavy atom. The van der Waals surface area contributed by atoms with Gasteiger partial charge < -0.3 is 0 Å². The minimum atomic E-state index is -1.24. The zero-order chi connectivity index (χ0) is 13.0. The van der Waals surface area contributed by atoms with E-state index in [4.69, 9.17) is 4.11 Å². The van der Waals surface area contributed by atoms with E-state index in [1.54, 1.807) is 0 Å². The molecule has 0 spiro atoms. The van der Waals surface area contributed by atoms with E-state index in [1.165, 1.54) is 37.0 Å². The van der Waals surface area contributed by atoms with Crippen LogP contribution in [0.2, 0.25) is 24.2 Å². The maximum Gasteiger partial charge on any atom is 0.0535 e. The molecule has 0 bridgehead atoms. The third kappa shape index (κ3) is 5.19. The zero-order valence-corrected chi connectivity index (χ0v) is 11.0. The number of rotatable bonds is 9. The molecule has 14 heavy (non-hydrogen) atoms. The number of unbranched alkanes of at least 4 members (excludes halogenated alkanes) is 1. The van der Waals surface area contributed by atoms with Gasteiger partial charge in [0.15, 0.2) is 0 Å². The van der Waals surface area contributed by atoms with Crippen LogP contribution in [0.4, 0.5) is 0 Å². The fraction of sp³-hybridized carbons (Fsp3) is 1.00. The van der Waals surface area contributed by atoms with Crippen LogP contribution in [0.5, 0.6) is 0 Å². The molecule has 0 rings (SSSR count). The third-order valence-corrected chi connectivity index (χ3v) is 8.84. The molecule has 0 aromatic carbocycles. The molecule has 0 saturated carbocycles. The van der Waals surface area contributed by atoms with Crippen LogP contribution in [-0.4, -0.2) is 8.07 Å². The van der Waals surface area contributed by atoms with Crippen molar-refractivity contribution in [3.63, 3.8) is 0 Å². The summed E-state index contributed by atoms with van der Waals surface area (Å²) in [5.74, 6) is 0. The minimum absolute atomic E-state index is 0.558. The summed E-state index contributed by atoms with van der Waals surface area (Å²) in [5.41, 5.74) is 0. The Kier molecular flexibility index (Phi) is 5.75. The lowest BCUT2D eigenvalue weighted by Crippen LogP contribution is -2.33. The monoisotopic (exact) mass is 220 g/mol. The Balaban J connectivity index is 4.39. The van der Waals surface area contributed by atoms with Gasteiger partial charge >= 0.3 is 0 Å². The van der Waals surface area contributed by atoms with E-state index in [2.05, 4.69) is 6.92 Å². The van der Waals surface area contributed by atoms with Crippen molar-refractivity contribution in [1.29, 1.82) is 0 Å². The highest BCUT2D eigenvalue weighted by Crippen LogP contribution is 2.31. The molecule has 0 atom stereocenters. The summed E-state index contributed by atoms with van der Waals surface area (Å²) in [5, 5.41) is 0. The van der Waals surface area contributed by atoms with Crippen LogP contribution in [0, 0.1) is 0 Å². The molecule has 0 radical (unpaired) electrons. The van der Waals surface area contributed by atoms with Gasteiger partial charge in [0.2, 0.25) is 0 Å². The van der Waals surface area contributed by atoms with Gasteiger partial charge in [-0.2, -0.15) is 0 Å². The van der Waals surface area contributed by atoms with Gasteiger partial charge in [-0.25, -0.2) is 0 Å². The van der Waals surface area contributed by atoms with Crippen molar-refractivity contribution in [3.8, 4) is 0 Å². The summed E-state index contributed by atoms with van der Waals surface area (Å²) >= 11 is 0. The maximum absolute atomic E-state index is 7.36. The molecule has 0 aromatic rings. The van der Waals surface area contributed by atoms with Crippen LogP contribution in [-0.2, 0) is 0 Å². The molecule has 0 aliphatic heterocycles. The van der Waals surface area contributed by atoms with Gasteiger partial charge in [-0.3, -0.25) is 0 Å². The summed E-state index contributed by atoms with van der Waals surface area (Å²) in [7, 11) is -1.24. The van der Waals surface area contributed by atoms with Crippen LogP contribution < -0.4 is 0 Å². The Bertz CT molecular complexity index is 127. The molecule has 0 unspecified atom stereocenters. The van der Waals surface area contributed by atoms with Gasteiger partial charge in [-0.1, -0.05) is 83.9 Å². The normalized spacial score (nSPS) is 14.8. The second-order valence-corrected chi connectivity index (χ2v) is 9.41. The summed E-state index contributed by atoms with van der Waals surface area (Å²) in [6, 6.07) is 5.20. The fourth-order valence-electron chi connectivity index (χ4n) is 2.43. The van der Waals surface area contributed by atoms with E-state index in [1.807, 2.05) is 0 Å². The van der Waals surface area contributed by atoms with E-state index >= 15 is 0 Å². The average Bonchev–Trinajstić information content (AvgIpc) is 2.37. The highest BCUT2D eigenvalue weighted by atomic mass is 28.3. The topological polar surface area (TPSA) is 0 Å². The SMILES string of the molecule is [3H]CCC[Si](CCC[3H])(CCC[3H])CCCC. The molecule has 0 fully saturated rings. The summed E-state index contributed by atoms with van der Waals surface area (Å²) in [4.78, 5) is 0. The van der Waals surface area contributed by atoms with Gasteiger partial charge in [0.25, 0.3) is 0 Å². The molecule has 0 aromatic heterocycles. The first kappa shape index (κ1) is 9.44. The first-order valence-electron chi connectivity index (χ1n) is 8.24. The molecule has 0 aliphatic carbocycles. The van der Waals surface area contributed by atoms with Crippen molar-refractivity contribution in [2.45, 2.75) is 83.9 Å². The first-order valence-corrected chi connectivity index (χ1v) is 8.95. The largest absolute Gasteiger partial charge is 0.0657 e. The Morgan fingerprint density at radius 3 is 1.64 bits per heavy atom. The second kappa shape index (κ2) is 8.52. The molecule has 86 valence electrons.